The van der Waals surface area contributed by atoms with E-state index in [0.717, 1.165) is 11.1 Å². The molecule has 3 aromatic rings. The van der Waals surface area contributed by atoms with Gasteiger partial charge in [0.05, 0.1) is 10.1 Å². The number of hydrogen-bond donors (Lipinski definition) is 0. The van der Waals surface area contributed by atoms with Gasteiger partial charge < -0.3 is 4.90 Å². The van der Waals surface area contributed by atoms with Crippen LogP contribution in [0, 0.1) is 6.92 Å². The molecule has 1 atom stereocenters. The van der Waals surface area contributed by atoms with E-state index in [1.54, 1.807) is 35.2 Å². The fourth-order valence-corrected chi connectivity index (χ4v) is 5.42. The number of benzene rings is 3. The van der Waals surface area contributed by atoms with Gasteiger partial charge in [0.1, 0.15) is 0 Å². The van der Waals surface area contributed by atoms with Gasteiger partial charge in [0, 0.05) is 18.7 Å². The molecule has 0 aromatic heterocycles. The summed E-state index contributed by atoms with van der Waals surface area (Å²) in [5.41, 5.74) is 3.94. The maximum Gasteiger partial charge on any atom is 0.253 e. The monoisotopic (exact) mass is 405 g/mol. The Morgan fingerprint density at radius 1 is 0.862 bits per heavy atom. The average Bonchev–Trinajstić information content (AvgIpc) is 3.26. The molecule has 0 spiro atoms. The van der Waals surface area contributed by atoms with Crippen LogP contribution in [0.4, 0.5) is 0 Å². The zero-order chi connectivity index (χ0) is 20.4. The lowest BCUT2D eigenvalue weighted by molar-refractivity contribution is 0.0793. The van der Waals surface area contributed by atoms with Crippen molar-refractivity contribution in [3.63, 3.8) is 0 Å². The van der Waals surface area contributed by atoms with Crippen molar-refractivity contribution in [1.29, 1.82) is 0 Å². The third-order valence-electron chi connectivity index (χ3n) is 5.46. The molecule has 148 valence electrons. The Morgan fingerprint density at radius 3 is 2.07 bits per heavy atom. The van der Waals surface area contributed by atoms with Crippen LogP contribution >= 0.6 is 0 Å². The van der Waals surface area contributed by atoms with Crippen LogP contribution in [0.5, 0.6) is 0 Å². The first-order chi connectivity index (χ1) is 13.9. The fourth-order valence-electron chi connectivity index (χ4n) is 3.70. The third kappa shape index (κ3) is 3.96. The van der Waals surface area contributed by atoms with E-state index < -0.39 is 15.1 Å². The molecule has 1 saturated heterocycles. The van der Waals surface area contributed by atoms with E-state index in [1.165, 1.54) is 5.56 Å². The summed E-state index contributed by atoms with van der Waals surface area (Å²) >= 11 is 0. The topological polar surface area (TPSA) is 54.5 Å². The van der Waals surface area contributed by atoms with Crippen molar-refractivity contribution in [3.05, 3.63) is 90.0 Å². The van der Waals surface area contributed by atoms with Crippen molar-refractivity contribution in [1.82, 2.24) is 4.90 Å². The maximum absolute atomic E-state index is 12.9. The Morgan fingerprint density at radius 2 is 1.45 bits per heavy atom. The molecule has 1 aliphatic rings. The fraction of sp³-hybridized carbons (Fsp3) is 0.208. The molecule has 1 aliphatic heterocycles. The number of amides is 1. The Balaban J connectivity index is 1.47. The standard InChI is InChI=1S/C24H23NO3S/c1-18-7-9-19(10-8-18)20-11-13-21(14-12-20)24(26)25-16-15-23(17-25)29(27,28)22-5-3-2-4-6-22/h2-14,23H,15-17H2,1H3. The van der Waals surface area contributed by atoms with Gasteiger partial charge in [0.2, 0.25) is 0 Å². The molecular weight excluding hydrogens is 382 g/mol. The summed E-state index contributed by atoms with van der Waals surface area (Å²) in [6, 6.07) is 24.2. The Labute approximate surface area is 171 Å². The molecular formula is C24H23NO3S. The summed E-state index contributed by atoms with van der Waals surface area (Å²) in [6.45, 7) is 2.73. The molecule has 0 N–H and O–H groups in total. The third-order valence-corrected chi connectivity index (χ3v) is 7.65. The van der Waals surface area contributed by atoms with Crippen LogP contribution in [0.2, 0.25) is 0 Å². The zero-order valence-electron chi connectivity index (χ0n) is 16.3. The maximum atomic E-state index is 12.9. The van der Waals surface area contributed by atoms with Crippen LogP contribution in [0.15, 0.2) is 83.8 Å². The van der Waals surface area contributed by atoms with Crippen molar-refractivity contribution in [2.24, 2.45) is 0 Å². The lowest BCUT2D eigenvalue weighted by atomic mass is 10.0. The average molecular weight is 406 g/mol. The van der Waals surface area contributed by atoms with E-state index in [4.69, 9.17) is 0 Å². The summed E-state index contributed by atoms with van der Waals surface area (Å²) in [6.07, 6.45) is 0.463. The zero-order valence-corrected chi connectivity index (χ0v) is 17.1. The SMILES string of the molecule is Cc1ccc(-c2ccc(C(=O)N3CCC(S(=O)(=O)c4ccccc4)C3)cc2)cc1. The van der Waals surface area contributed by atoms with E-state index in [1.807, 2.05) is 31.2 Å². The molecule has 1 fully saturated rings. The Bertz CT molecular complexity index is 1110. The molecule has 1 unspecified atom stereocenters. The number of hydrogen-bond acceptors (Lipinski definition) is 3. The van der Waals surface area contributed by atoms with Crippen molar-refractivity contribution < 1.29 is 13.2 Å². The molecule has 1 heterocycles. The van der Waals surface area contributed by atoms with Crippen molar-refractivity contribution in [2.45, 2.75) is 23.5 Å². The number of aryl methyl sites for hydroxylation is 1. The van der Waals surface area contributed by atoms with Gasteiger partial charge in [-0.15, -0.1) is 0 Å². The molecule has 0 saturated carbocycles. The highest BCUT2D eigenvalue weighted by molar-refractivity contribution is 7.92. The van der Waals surface area contributed by atoms with Crippen LogP contribution in [0.3, 0.4) is 0 Å². The van der Waals surface area contributed by atoms with Gasteiger partial charge in [-0.3, -0.25) is 4.79 Å². The first-order valence-electron chi connectivity index (χ1n) is 9.70. The van der Waals surface area contributed by atoms with Gasteiger partial charge >= 0.3 is 0 Å². The lowest BCUT2D eigenvalue weighted by Crippen LogP contribution is -2.31. The van der Waals surface area contributed by atoms with Gasteiger partial charge in [0.15, 0.2) is 9.84 Å². The summed E-state index contributed by atoms with van der Waals surface area (Å²) in [7, 11) is -3.43. The Hall–Kier alpha value is -2.92. The lowest BCUT2D eigenvalue weighted by Gasteiger charge is -2.17. The van der Waals surface area contributed by atoms with Gasteiger partial charge in [-0.05, 0) is 48.7 Å². The Kier molecular flexibility index (Phi) is 5.24. The normalized spacial score (nSPS) is 16.7. The number of likely N-dealkylation sites (tertiary alicyclic amines) is 1. The highest BCUT2D eigenvalue weighted by Gasteiger charge is 2.36. The number of carbonyl (C=O) groups is 1. The first kappa shape index (κ1) is 19.4. The summed E-state index contributed by atoms with van der Waals surface area (Å²) in [5, 5.41) is -0.555. The molecule has 0 aliphatic carbocycles. The van der Waals surface area contributed by atoms with E-state index in [2.05, 4.69) is 24.3 Å². The molecule has 4 nitrogen and oxygen atoms in total. The van der Waals surface area contributed by atoms with E-state index in [0.29, 0.717) is 23.4 Å². The van der Waals surface area contributed by atoms with Crippen LogP contribution in [0.25, 0.3) is 11.1 Å². The second kappa shape index (κ2) is 7.84. The second-order valence-electron chi connectivity index (χ2n) is 7.46. The van der Waals surface area contributed by atoms with E-state index in [9.17, 15) is 13.2 Å². The number of carbonyl (C=O) groups excluding carboxylic acids is 1. The predicted molar refractivity (Wildman–Crippen MR) is 115 cm³/mol. The van der Waals surface area contributed by atoms with Crippen molar-refractivity contribution in [3.8, 4) is 11.1 Å². The van der Waals surface area contributed by atoms with Crippen molar-refractivity contribution >= 4 is 15.7 Å². The minimum Gasteiger partial charge on any atom is -0.337 e. The molecule has 0 radical (unpaired) electrons. The largest absolute Gasteiger partial charge is 0.337 e. The number of sulfone groups is 1. The van der Waals surface area contributed by atoms with Gasteiger partial charge in [-0.1, -0.05) is 60.2 Å². The van der Waals surface area contributed by atoms with Crippen LogP contribution in [0.1, 0.15) is 22.3 Å². The first-order valence-corrected chi connectivity index (χ1v) is 11.2. The van der Waals surface area contributed by atoms with Gasteiger partial charge in [-0.25, -0.2) is 8.42 Å². The van der Waals surface area contributed by atoms with Crippen LogP contribution in [-0.2, 0) is 9.84 Å². The highest BCUT2D eigenvalue weighted by atomic mass is 32.2. The number of nitrogens with zero attached hydrogens (tertiary/aromatic N) is 1. The van der Waals surface area contributed by atoms with Crippen LogP contribution < -0.4 is 0 Å². The number of rotatable bonds is 4. The summed E-state index contributed by atoms with van der Waals surface area (Å²) < 4.78 is 25.7. The van der Waals surface area contributed by atoms with Gasteiger partial charge in [-0.2, -0.15) is 0 Å². The summed E-state index contributed by atoms with van der Waals surface area (Å²) in [5.74, 6) is -0.119. The quantitative estimate of drug-likeness (QED) is 0.648. The van der Waals surface area contributed by atoms with E-state index >= 15 is 0 Å². The molecule has 1 amide bonds. The minimum atomic E-state index is -3.43. The molecule has 3 aromatic carbocycles. The molecule has 4 rings (SSSR count). The molecule has 29 heavy (non-hydrogen) atoms. The van der Waals surface area contributed by atoms with Crippen molar-refractivity contribution in [2.75, 3.05) is 13.1 Å². The predicted octanol–water partition coefficient (Wildman–Crippen LogP) is 4.35. The second-order valence-corrected chi connectivity index (χ2v) is 9.69. The molecule has 0 bridgehead atoms. The van der Waals surface area contributed by atoms with E-state index in [-0.39, 0.29) is 12.5 Å². The summed E-state index contributed by atoms with van der Waals surface area (Å²) in [4.78, 5) is 14.8. The molecule has 5 heteroatoms. The minimum absolute atomic E-state index is 0.119. The van der Waals surface area contributed by atoms with Gasteiger partial charge in [0.25, 0.3) is 5.91 Å². The smallest absolute Gasteiger partial charge is 0.253 e. The highest BCUT2D eigenvalue weighted by Crippen LogP contribution is 2.26. The van der Waals surface area contributed by atoms with Crippen LogP contribution in [-0.4, -0.2) is 37.6 Å².